The van der Waals surface area contributed by atoms with Crippen LogP contribution in [0, 0.1) is 0 Å². The fourth-order valence-electron chi connectivity index (χ4n) is 9.28. The molecule has 0 radical (unpaired) electrons. The highest BCUT2D eigenvalue weighted by molar-refractivity contribution is 5.96. The lowest BCUT2D eigenvalue weighted by Crippen LogP contribution is -2.26. The van der Waals surface area contributed by atoms with Crippen LogP contribution < -0.4 is 4.90 Å². The van der Waals surface area contributed by atoms with Crippen molar-refractivity contribution in [3.05, 3.63) is 235 Å². The molecular formula is C53H35N. The molecule has 11 rings (SSSR count). The summed E-state index contributed by atoms with van der Waals surface area (Å²) in [6, 6.07) is 78.1. The molecule has 2 aliphatic rings. The molecule has 1 nitrogen and oxygen atoms in total. The van der Waals surface area contributed by atoms with E-state index in [0.29, 0.717) is 0 Å². The molecule has 1 spiro atoms. The van der Waals surface area contributed by atoms with Crippen molar-refractivity contribution in [3.63, 3.8) is 0 Å². The highest BCUT2D eigenvalue weighted by Gasteiger charge is 2.51. The van der Waals surface area contributed by atoms with Gasteiger partial charge in [0.1, 0.15) is 0 Å². The van der Waals surface area contributed by atoms with Gasteiger partial charge in [0.05, 0.1) is 5.41 Å². The van der Waals surface area contributed by atoms with E-state index in [4.69, 9.17) is 0 Å². The van der Waals surface area contributed by atoms with E-state index < -0.39 is 0 Å². The van der Waals surface area contributed by atoms with E-state index in [2.05, 4.69) is 217 Å². The van der Waals surface area contributed by atoms with Crippen LogP contribution in [0.4, 0.5) is 17.1 Å². The van der Waals surface area contributed by atoms with Crippen molar-refractivity contribution in [1.82, 2.24) is 0 Å². The molecule has 0 amide bonds. The van der Waals surface area contributed by atoms with Gasteiger partial charge in [-0.2, -0.15) is 0 Å². The van der Waals surface area contributed by atoms with E-state index in [-0.39, 0.29) is 5.41 Å². The zero-order chi connectivity index (χ0) is 35.6. The molecule has 0 bridgehead atoms. The zero-order valence-electron chi connectivity index (χ0n) is 29.7. The summed E-state index contributed by atoms with van der Waals surface area (Å²) in [5.74, 6) is 0. The Hall–Kier alpha value is -6.96. The molecule has 1 heteroatoms. The number of hydrogen-bond acceptors (Lipinski definition) is 1. The molecule has 54 heavy (non-hydrogen) atoms. The van der Waals surface area contributed by atoms with E-state index >= 15 is 0 Å². The molecule has 0 aliphatic heterocycles. The monoisotopic (exact) mass is 685 g/mol. The molecule has 9 aromatic carbocycles. The molecular weight excluding hydrogens is 651 g/mol. The molecule has 0 fully saturated rings. The van der Waals surface area contributed by atoms with Gasteiger partial charge in [0.25, 0.3) is 0 Å². The minimum Gasteiger partial charge on any atom is -0.310 e. The van der Waals surface area contributed by atoms with E-state index in [1.807, 2.05) is 0 Å². The second-order valence-electron chi connectivity index (χ2n) is 14.5. The van der Waals surface area contributed by atoms with E-state index in [0.717, 1.165) is 17.1 Å². The smallest absolute Gasteiger partial charge is 0.0726 e. The van der Waals surface area contributed by atoms with Gasteiger partial charge in [-0.15, -0.1) is 0 Å². The van der Waals surface area contributed by atoms with Crippen molar-refractivity contribution >= 4 is 27.8 Å². The number of fused-ring (bicyclic) bond motifs is 11. The first-order valence-electron chi connectivity index (χ1n) is 18.8. The lowest BCUT2D eigenvalue weighted by molar-refractivity contribution is 0.793. The number of para-hydroxylation sites is 1. The van der Waals surface area contributed by atoms with Gasteiger partial charge in [-0.25, -0.2) is 0 Å². The summed E-state index contributed by atoms with van der Waals surface area (Å²) in [6.07, 6.45) is 0. The third-order valence-electron chi connectivity index (χ3n) is 11.7. The normalized spacial score (nSPS) is 13.0. The molecule has 252 valence electrons. The predicted molar refractivity (Wildman–Crippen MR) is 226 cm³/mol. The Kier molecular flexibility index (Phi) is 6.84. The fraction of sp³-hybridized carbons (Fsp3) is 0.0189. The third-order valence-corrected chi connectivity index (χ3v) is 11.7. The van der Waals surface area contributed by atoms with Gasteiger partial charge in [-0.3, -0.25) is 0 Å². The van der Waals surface area contributed by atoms with Crippen molar-refractivity contribution in [2.45, 2.75) is 5.41 Å². The molecule has 0 saturated carbocycles. The Bertz CT molecular complexity index is 2810. The average molecular weight is 686 g/mol. The maximum Gasteiger partial charge on any atom is 0.0726 e. The van der Waals surface area contributed by atoms with Gasteiger partial charge in [-0.1, -0.05) is 164 Å². The van der Waals surface area contributed by atoms with Crippen LogP contribution in [0.3, 0.4) is 0 Å². The maximum absolute atomic E-state index is 2.46. The SMILES string of the molecule is c1ccc(-c2ccc3cc(-c4ccc(N(c5ccccc5)c5ccc6c(c5)C5(c7ccccc7-c7ccccc75)c5ccccc5-6)cc4)ccc3c2)cc1. The van der Waals surface area contributed by atoms with Crippen molar-refractivity contribution in [1.29, 1.82) is 0 Å². The Morgan fingerprint density at radius 1 is 0.259 bits per heavy atom. The quantitative estimate of drug-likeness (QED) is 0.174. The van der Waals surface area contributed by atoms with E-state index in [9.17, 15) is 0 Å². The Balaban J connectivity index is 1.03. The first kappa shape index (κ1) is 30.6. The van der Waals surface area contributed by atoms with Crippen LogP contribution in [-0.2, 0) is 5.41 Å². The van der Waals surface area contributed by atoms with Crippen LogP contribution in [0.5, 0.6) is 0 Å². The fourth-order valence-corrected chi connectivity index (χ4v) is 9.28. The lowest BCUT2D eigenvalue weighted by atomic mass is 9.70. The number of anilines is 3. The highest BCUT2D eigenvalue weighted by atomic mass is 15.1. The molecule has 0 N–H and O–H groups in total. The van der Waals surface area contributed by atoms with E-state index in [1.54, 1.807) is 0 Å². The predicted octanol–water partition coefficient (Wildman–Crippen LogP) is 14.0. The van der Waals surface area contributed by atoms with Gasteiger partial charge in [0, 0.05) is 17.1 Å². The van der Waals surface area contributed by atoms with Gasteiger partial charge < -0.3 is 4.90 Å². The Labute approximate surface area is 316 Å². The molecule has 2 aliphatic carbocycles. The van der Waals surface area contributed by atoms with Crippen LogP contribution in [0.2, 0.25) is 0 Å². The van der Waals surface area contributed by atoms with Crippen LogP contribution in [0.1, 0.15) is 22.3 Å². The standard InChI is InChI=1S/C53H35N/c1-3-13-36(14-4-1)38-23-25-41-34-39(24-26-40(41)33-38)37-27-29-43(30-28-37)54(42-15-5-2-6-16-42)44-31-32-48-47-19-9-12-22-51(47)53(52(48)35-44)49-20-10-7-17-45(49)46-18-8-11-21-50(46)53/h1-35H. The topological polar surface area (TPSA) is 3.24 Å². The van der Waals surface area contributed by atoms with Crippen LogP contribution in [0.25, 0.3) is 55.3 Å². The van der Waals surface area contributed by atoms with E-state index in [1.165, 1.54) is 77.5 Å². The minimum absolute atomic E-state index is 0.390. The second-order valence-corrected chi connectivity index (χ2v) is 14.5. The zero-order valence-corrected chi connectivity index (χ0v) is 29.7. The van der Waals surface area contributed by atoms with Crippen LogP contribution >= 0.6 is 0 Å². The number of hydrogen-bond donors (Lipinski definition) is 0. The summed E-state index contributed by atoms with van der Waals surface area (Å²) in [7, 11) is 0. The number of benzene rings is 9. The van der Waals surface area contributed by atoms with Crippen LogP contribution in [0.15, 0.2) is 212 Å². The molecule has 9 aromatic rings. The Morgan fingerprint density at radius 2 is 0.667 bits per heavy atom. The molecule has 0 aromatic heterocycles. The van der Waals surface area contributed by atoms with Gasteiger partial charge in [0.2, 0.25) is 0 Å². The van der Waals surface area contributed by atoms with Crippen molar-refractivity contribution in [2.75, 3.05) is 4.90 Å². The first-order chi connectivity index (χ1) is 26.8. The van der Waals surface area contributed by atoms with Gasteiger partial charge >= 0.3 is 0 Å². The second kappa shape index (κ2) is 12.0. The number of nitrogens with zero attached hydrogens (tertiary/aromatic N) is 1. The summed E-state index contributed by atoms with van der Waals surface area (Å²) in [5.41, 5.74) is 18.6. The third kappa shape index (κ3) is 4.52. The summed E-state index contributed by atoms with van der Waals surface area (Å²) < 4.78 is 0. The molecule has 0 heterocycles. The van der Waals surface area contributed by atoms with Crippen LogP contribution in [-0.4, -0.2) is 0 Å². The summed E-state index contributed by atoms with van der Waals surface area (Å²) in [6.45, 7) is 0. The largest absolute Gasteiger partial charge is 0.310 e. The van der Waals surface area contributed by atoms with Crippen molar-refractivity contribution < 1.29 is 0 Å². The number of rotatable bonds is 5. The molecule has 0 saturated heterocycles. The maximum atomic E-state index is 2.46. The van der Waals surface area contributed by atoms with Gasteiger partial charge in [-0.05, 0) is 126 Å². The summed E-state index contributed by atoms with van der Waals surface area (Å²) in [4.78, 5) is 2.40. The lowest BCUT2D eigenvalue weighted by Gasteiger charge is -2.32. The summed E-state index contributed by atoms with van der Waals surface area (Å²) in [5, 5.41) is 2.49. The van der Waals surface area contributed by atoms with Gasteiger partial charge in [0.15, 0.2) is 0 Å². The Morgan fingerprint density at radius 3 is 1.22 bits per heavy atom. The molecule has 0 unspecified atom stereocenters. The average Bonchev–Trinajstić information content (AvgIpc) is 3.71. The van der Waals surface area contributed by atoms with Crippen molar-refractivity contribution in [2.24, 2.45) is 0 Å². The molecule has 0 atom stereocenters. The van der Waals surface area contributed by atoms with Crippen molar-refractivity contribution in [3.8, 4) is 44.5 Å². The highest BCUT2D eigenvalue weighted by Crippen LogP contribution is 2.63. The minimum atomic E-state index is -0.390. The first-order valence-corrected chi connectivity index (χ1v) is 18.8. The summed E-state index contributed by atoms with van der Waals surface area (Å²) >= 11 is 0.